The van der Waals surface area contributed by atoms with Crippen molar-refractivity contribution in [1.29, 1.82) is 0 Å². The zero-order valence-electron chi connectivity index (χ0n) is 11.1. The van der Waals surface area contributed by atoms with E-state index in [4.69, 9.17) is 14.4 Å². The minimum Gasteiger partial charge on any atom is -0.494 e. The van der Waals surface area contributed by atoms with Gasteiger partial charge in [0.2, 0.25) is 11.7 Å². The van der Waals surface area contributed by atoms with Gasteiger partial charge in [0.1, 0.15) is 11.5 Å². The number of hydrogen-bond acceptors (Lipinski definition) is 6. The van der Waals surface area contributed by atoms with E-state index in [9.17, 15) is 4.21 Å². The monoisotopic (exact) mass is 296 g/mol. The highest BCUT2D eigenvalue weighted by Gasteiger charge is 2.11. The van der Waals surface area contributed by atoms with Gasteiger partial charge >= 0.3 is 0 Å². The van der Waals surface area contributed by atoms with E-state index >= 15 is 0 Å². The van der Waals surface area contributed by atoms with Gasteiger partial charge in [-0.1, -0.05) is 5.16 Å². The average Bonchev–Trinajstić information content (AvgIpc) is 2.88. The van der Waals surface area contributed by atoms with Crippen molar-refractivity contribution in [2.45, 2.75) is 12.7 Å². The van der Waals surface area contributed by atoms with E-state index in [1.165, 1.54) is 0 Å². The summed E-state index contributed by atoms with van der Waals surface area (Å²) in [7, 11) is -1.19. The van der Waals surface area contributed by atoms with E-state index in [0.717, 1.165) is 11.3 Å². The lowest BCUT2D eigenvalue weighted by molar-refractivity contribution is 0.321. The molecule has 0 bridgehead atoms. The maximum absolute atomic E-state index is 11.5. The van der Waals surface area contributed by atoms with Gasteiger partial charge in [0, 0.05) is 22.1 Å². The van der Waals surface area contributed by atoms with Crippen LogP contribution in [0.3, 0.4) is 0 Å². The summed E-state index contributed by atoms with van der Waals surface area (Å²) in [4.78, 5) is 4.19. The van der Waals surface area contributed by atoms with Gasteiger partial charge in [-0.3, -0.25) is 4.21 Å². The number of ether oxygens (including phenoxy) is 1. The van der Waals surface area contributed by atoms with Crippen LogP contribution in [0.25, 0.3) is 11.4 Å². The minimum absolute atomic E-state index is 0.119. The summed E-state index contributed by atoms with van der Waals surface area (Å²) >= 11 is 0. The molecule has 1 unspecified atom stereocenters. The maximum atomic E-state index is 11.5. The van der Waals surface area contributed by atoms with Crippen molar-refractivity contribution in [3.63, 3.8) is 0 Å². The van der Waals surface area contributed by atoms with Crippen LogP contribution in [0.1, 0.15) is 12.8 Å². The molecule has 1 N–H and O–H groups in total. The maximum Gasteiger partial charge on any atom is 0.239 e. The molecule has 0 spiro atoms. The van der Waals surface area contributed by atoms with E-state index in [-0.39, 0.29) is 18.1 Å². The molecule has 0 saturated heterocycles. The first kappa shape index (κ1) is 14.7. The lowest BCUT2D eigenvalue weighted by Gasteiger charge is -2.02. The first-order valence-electron chi connectivity index (χ1n) is 6.24. The van der Waals surface area contributed by atoms with Crippen molar-refractivity contribution >= 4 is 10.8 Å². The molecule has 1 heterocycles. The summed E-state index contributed by atoms with van der Waals surface area (Å²) in [6.07, 6.45) is 0. The Kier molecular flexibility index (Phi) is 5.25. The molecular weight excluding hydrogens is 280 g/mol. The van der Waals surface area contributed by atoms with Crippen LogP contribution in [0, 0.1) is 0 Å². The third-order valence-corrected chi connectivity index (χ3v) is 3.70. The third-order valence-electron chi connectivity index (χ3n) is 2.50. The molecule has 0 fully saturated rings. The highest BCUT2D eigenvalue weighted by atomic mass is 32.2. The van der Waals surface area contributed by atoms with Crippen LogP contribution in [-0.4, -0.2) is 38.4 Å². The summed E-state index contributed by atoms with van der Waals surface area (Å²) in [6.45, 7) is 2.42. The Morgan fingerprint density at radius 3 is 2.75 bits per heavy atom. The van der Waals surface area contributed by atoms with E-state index in [1.807, 2.05) is 31.2 Å². The van der Waals surface area contributed by atoms with E-state index < -0.39 is 10.8 Å². The Balaban J connectivity index is 2.06. The van der Waals surface area contributed by atoms with E-state index in [0.29, 0.717) is 18.3 Å². The fourth-order valence-corrected chi connectivity index (χ4v) is 2.35. The molecule has 0 saturated carbocycles. The van der Waals surface area contributed by atoms with Crippen LogP contribution in [0.2, 0.25) is 0 Å². The molecule has 108 valence electrons. The first-order chi connectivity index (χ1) is 9.72. The Morgan fingerprint density at radius 2 is 2.10 bits per heavy atom. The fraction of sp³-hybridized carbons (Fsp3) is 0.385. The molecule has 6 nitrogen and oxygen atoms in total. The Morgan fingerprint density at radius 1 is 1.35 bits per heavy atom. The highest BCUT2D eigenvalue weighted by Crippen LogP contribution is 2.20. The third kappa shape index (κ3) is 3.88. The lowest BCUT2D eigenvalue weighted by atomic mass is 10.2. The number of aliphatic hydroxyl groups excluding tert-OH is 1. The second kappa shape index (κ2) is 7.16. The molecule has 2 rings (SSSR count). The summed E-state index contributed by atoms with van der Waals surface area (Å²) < 4.78 is 21.9. The predicted molar refractivity (Wildman–Crippen MR) is 74.7 cm³/mol. The molecule has 1 aromatic heterocycles. The molecule has 1 atom stereocenters. The number of aromatic nitrogens is 2. The average molecular weight is 296 g/mol. The van der Waals surface area contributed by atoms with Crippen LogP contribution in [0.5, 0.6) is 5.75 Å². The largest absolute Gasteiger partial charge is 0.494 e. The van der Waals surface area contributed by atoms with Gasteiger partial charge < -0.3 is 14.4 Å². The molecule has 20 heavy (non-hydrogen) atoms. The molecule has 0 aliphatic carbocycles. The molecule has 0 radical (unpaired) electrons. The molecule has 0 amide bonds. The SMILES string of the molecule is CCOc1ccc(-c2noc(CS(=O)CCO)n2)cc1. The summed E-state index contributed by atoms with van der Waals surface area (Å²) in [5, 5.41) is 12.5. The number of hydrogen-bond donors (Lipinski definition) is 1. The van der Waals surface area contributed by atoms with Crippen LogP contribution in [0.15, 0.2) is 28.8 Å². The summed E-state index contributed by atoms with van der Waals surface area (Å²) in [5.41, 5.74) is 0.802. The number of nitrogens with zero attached hydrogens (tertiary/aromatic N) is 2. The Labute approximate surface area is 119 Å². The van der Waals surface area contributed by atoms with Gasteiger partial charge in [-0.25, -0.2) is 0 Å². The van der Waals surface area contributed by atoms with Gasteiger partial charge in [0.05, 0.1) is 13.2 Å². The molecular formula is C13H16N2O4S. The first-order valence-corrected chi connectivity index (χ1v) is 7.73. The molecule has 0 aliphatic heterocycles. The van der Waals surface area contributed by atoms with Crippen molar-refractivity contribution in [3.8, 4) is 17.1 Å². The quantitative estimate of drug-likeness (QED) is 0.830. The minimum atomic E-state index is -1.19. The fourth-order valence-electron chi connectivity index (χ4n) is 1.61. The topological polar surface area (TPSA) is 85.5 Å². The van der Waals surface area contributed by atoms with Crippen LogP contribution in [0.4, 0.5) is 0 Å². The van der Waals surface area contributed by atoms with Crippen molar-refractivity contribution in [3.05, 3.63) is 30.2 Å². The predicted octanol–water partition coefficient (Wildman–Crippen LogP) is 1.38. The Hall–Kier alpha value is -1.73. The second-order valence-corrected chi connectivity index (χ2v) is 5.56. The van der Waals surface area contributed by atoms with Crippen LogP contribution < -0.4 is 4.74 Å². The standard InChI is InChI=1S/C13H16N2O4S/c1-2-18-11-5-3-10(4-6-11)13-14-12(19-15-13)9-20(17)8-7-16/h3-6,16H,2,7-9H2,1H3. The van der Waals surface area contributed by atoms with Crippen LogP contribution >= 0.6 is 0 Å². The molecule has 2 aromatic rings. The van der Waals surface area contributed by atoms with Gasteiger partial charge in [-0.15, -0.1) is 0 Å². The van der Waals surface area contributed by atoms with Gasteiger partial charge in [0.15, 0.2) is 0 Å². The number of rotatable bonds is 7. The van der Waals surface area contributed by atoms with Gasteiger partial charge in [-0.05, 0) is 31.2 Å². The zero-order valence-corrected chi connectivity index (χ0v) is 11.9. The summed E-state index contributed by atoms with van der Waals surface area (Å²) in [5.74, 6) is 1.90. The van der Waals surface area contributed by atoms with Crippen LogP contribution in [-0.2, 0) is 16.6 Å². The molecule has 0 aliphatic rings. The summed E-state index contributed by atoms with van der Waals surface area (Å²) in [6, 6.07) is 7.34. The molecule has 1 aromatic carbocycles. The van der Waals surface area contributed by atoms with Gasteiger partial charge in [0.25, 0.3) is 0 Å². The highest BCUT2D eigenvalue weighted by molar-refractivity contribution is 7.84. The smallest absolute Gasteiger partial charge is 0.239 e. The van der Waals surface area contributed by atoms with Crippen molar-refractivity contribution in [1.82, 2.24) is 10.1 Å². The van der Waals surface area contributed by atoms with Crippen molar-refractivity contribution in [2.75, 3.05) is 19.0 Å². The lowest BCUT2D eigenvalue weighted by Crippen LogP contribution is -2.04. The molecule has 7 heteroatoms. The van der Waals surface area contributed by atoms with Gasteiger partial charge in [-0.2, -0.15) is 4.98 Å². The van der Waals surface area contributed by atoms with Crippen molar-refractivity contribution in [2.24, 2.45) is 0 Å². The zero-order chi connectivity index (χ0) is 14.4. The number of benzene rings is 1. The Bertz CT molecular complexity index is 568. The van der Waals surface area contributed by atoms with Crippen molar-refractivity contribution < 1.29 is 18.6 Å². The second-order valence-electron chi connectivity index (χ2n) is 3.98. The number of aliphatic hydroxyl groups is 1. The van der Waals surface area contributed by atoms with E-state index in [2.05, 4.69) is 10.1 Å². The van der Waals surface area contributed by atoms with E-state index in [1.54, 1.807) is 0 Å². The normalized spacial score (nSPS) is 12.3.